The lowest BCUT2D eigenvalue weighted by molar-refractivity contribution is 0.269. The maximum atomic E-state index is 8.76. The van der Waals surface area contributed by atoms with E-state index in [1.165, 1.54) is 5.56 Å². The molecule has 1 rings (SSSR count). The third-order valence-corrected chi connectivity index (χ3v) is 2.40. The predicted octanol–water partition coefficient (Wildman–Crippen LogP) is 1.40. The van der Waals surface area contributed by atoms with Crippen LogP contribution in [0.2, 0.25) is 0 Å². The van der Waals surface area contributed by atoms with Crippen molar-refractivity contribution < 1.29 is 5.11 Å². The van der Waals surface area contributed by atoms with Crippen LogP contribution in [0.25, 0.3) is 0 Å². The number of aliphatic hydroxyl groups is 1. The minimum atomic E-state index is 0.137. The molecule has 0 aliphatic carbocycles. The molecule has 0 aliphatic heterocycles. The number of hydrogen-bond donors (Lipinski definition) is 2. The van der Waals surface area contributed by atoms with E-state index in [0.29, 0.717) is 12.0 Å². The van der Waals surface area contributed by atoms with E-state index in [4.69, 9.17) is 5.11 Å². The molecule has 0 aromatic carbocycles. The highest BCUT2D eigenvalue weighted by Gasteiger charge is 2.08. The maximum Gasteiger partial charge on any atom is 0.0640 e. The van der Waals surface area contributed by atoms with E-state index in [2.05, 4.69) is 31.2 Å². The second-order valence-corrected chi connectivity index (χ2v) is 5.32. The van der Waals surface area contributed by atoms with Gasteiger partial charge >= 0.3 is 0 Å². The lowest BCUT2D eigenvalue weighted by Gasteiger charge is -2.17. The second-order valence-electron chi connectivity index (χ2n) is 5.32. The standard InChI is InChI=1S/C12H23N3O/c1-12(2,3)4-5-13-8-11-9-14-15(10-11)6-7-16/h9-10,13,16H,4-8H2,1-3H3. The van der Waals surface area contributed by atoms with Gasteiger partial charge in [-0.3, -0.25) is 4.68 Å². The van der Waals surface area contributed by atoms with Gasteiger partial charge < -0.3 is 10.4 Å². The molecule has 0 radical (unpaired) electrons. The van der Waals surface area contributed by atoms with Crippen molar-refractivity contribution in [2.45, 2.75) is 40.3 Å². The Morgan fingerprint density at radius 3 is 2.81 bits per heavy atom. The van der Waals surface area contributed by atoms with Crippen LogP contribution >= 0.6 is 0 Å². The minimum Gasteiger partial charge on any atom is -0.394 e. The van der Waals surface area contributed by atoms with Gasteiger partial charge in [-0.2, -0.15) is 5.10 Å². The first kappa shape index (κ1) is 13.2. The van der Waals surface area contributed by atoms with Crippen LogP contribution in [0.5, 0.6) is 0 Å². The van der Waals surface area contributed by atoms with Gasteiger partial charge in [-0.05, 0) is 18.4 Å². The summed E-state index contributed by atoms with van der Waals surface area (Å²) in [5.74, 6) is 0. The first-order chi connectivity index (χ1) is 7.51. The van der Waals surface area contributed by atoms with Gasteiger partial charge in [0.2, 0.25) is 0 Å². The Hall–Kier alpha value is -0.870. The van der Waals surface area contributed by atoms with Gasteiger partial charge in [0.25, 0.3) is 0 Å². The Morgan fingerprint density at radius 1 is 1.44 bits per heavy atom. The Kier molecular flexibility index (Phi) is 4.96. The monoisotopic (exact) mass is 225 g/mol. The number of nitrogens with one attached hydrogen (secondary N) is 1. The predicted molar refractivity (Wildman–Crippen MR) is 65.1 cm³/mol. The average molecular weight is 225 g/mol. The molecular formula is C12H23N3O. The molecule has 0 amide bonds. The molecule has 0 spiro atoms. The second kappa shape index (κ2) is 6.01. The Morgan fingerprint density at radius 2 is 2.19 bits per heavy atom. The summed E-state index contributed by atoms with van der Waals surface area (Å²) in [6.07, 6.45) is 4.98. The smallest absolute Gasteiger partial charge is 0.0640 e. The first-order valence-electron chi connectivity index (χ1n) is 5.84. The fourth-order valence-corrected chi connectivity index (χ4v) is 1.42. The molecule has 0 fully saturated rings. The normalized spacial score (nSPS) is 12.0. The zero-order chi connectivity index (χ0) is 12.0. The van der Waals surface area contributed by atoms with Gasteiger partial charge in [0.1, 0.15) is 0 Å². The fraction of sp³-hybridized carbons (Fsp3) is 0.750. The van der Waals surface area contributed by atoms with Gasteiger partial charge in [-0.1, -0.05) is 20.8 Å². The van der Waals surface area contributed by atoms with Crippen LogP contribution in [0.1, 0.15) is 32.8 Å². The van der Waals surface area contributed by atoms with E-state index in [1.807, 2.05) is 12.4 Å². The van der Waals surface area contributed by atoms with E-state index in [-0.39, 0.29) is 6.61 Å². The number of rotatable bonds is 6. The van der Waals surface area contributed by atoms with E-state index in [0.717, 1.165) is 19.5 Å². The quantitative estimate of drug-likeness (QED) is 0.720. The van der Waals surface area contributed by atoms with Gasteiger partial charge in [0, 0.05) is 18.3 Å². The van der Waals surface area contributed by atoms with Crippen LogP contribution in [0.3, 0.4) is 0 Å². The number of nitrogens with zero attached hydrogens (tertiary/aromatic N) is 2. The van der Waals surface area contributed by atoms with Crippen molar-refractivity contribution in [1.82, 2.24) is 15.1 Å². The molecule has 4 nitrogen and oxygen atoms in total. The minimum absolute atomic E-state index is 0.137. The van der Waals surface area contributed by atoms with Crippen molar-refractivity contribution in [3.63, 3.8) is 0 Å². The van der Waals surface area contributed by atoms with Crippen molar-refractivity contribution in [1.29, 1.82) is 0 Å². The number of aliphatic hydroxyl groups excluding tert-OH is 1. The third-order valence-electron chi connectivity index (χ3n) is 2.40. The highest BCUT2D eigenvalue weighted by Crippen LogP contribution is 2.16. The lowest BCUT2D eigenvalue weighted by atomic mass is 9.92. The van der Waals surface area contributed by atoms with Gasteiger partial charge in [0.05, 0.1) is 19.3 Å². The molecule has 0 bridgehead atoms. The van der Waals surface area contributed by atoms with Crippen LogP contribution in [-0.2, 0) is 13.1 Å². The summed E-state index contributed by atoms with van der Waals surface area (Å²) in [7, 11) is 0. The van der Waals surface area contributed by atoms with Crippen LogP contribution in [0.4, 0.5) is 0 Å². The lowest BCUT2D eigenvalue weighted by Crippen LogP contribution is -2.19. The molecule has 4 heteroatoms. The summed E-state index contributed by atoms with van der Waals surface area (Å²) < 4.78 is 1.76. The molecule has 0 saturated carbocycles. The van der Waals surface area contributed by atoms with E-state index in [9.17, 15) is 0 Å². The topological polar surface area (TPSA) is 50.1 Å². The van der Waals surface area contributed by atoms with E-state index in [1.54, 1.807) is 4.68 Å². The average Bonchev–Trinajstić information content (AvgIpc) is 2.60. The van der Waals surface area contributed by atoms with Crippen LogP contribution in [0, 0.1) is 5.41 Å². The molecule has 16 heavy (non-hydrogen) atoms. The first-order valence-corrected chi connectivity index (χ1v) is 5.84. The summed E-state index contributed by atoms with van der Waals surface area (Å²) in [5.41, 5.74) is 1.55. The molecule has 2 N–H and O–H groups in total. The zero-order valence-corrected chi connectivity index (χ0v) is 10.5. The molecule has 0 aliphatic rings. The summed E-state index contributed by atoms with van der Waals surface area (Å²) in [6.45, 7) is 9.31. The van der Waals surface area contributed by atoms with Crippen molar-refractivity contribution in [3.05, 3.63) is 18.0 Å². The van der Waals surface area contributed by atoms with Crippen LogP contribution in [-0.4, -0.2) is 28.0 Å². The summed E-state index contributed by atoms with van der Waals surface area (Å²) in [5, 5.41) is 16.3. The Bertz CT molecular complexity index is 301. The third kappa shape index (κ3) is 5.28. The summed E-state index contributed by atoms with van der Waals surface area (Å²) in [6, 6.07) is 0. The number of hydrogen-bond acceptors (Lipinski definition) is 3. The molecule has 1 heterocycles. The van der Waals surface area contributed by atoms with Gasteiger partial charge in [-0.15, -0.1) is 0 Å². The van der Waals surface area contributed by atoms with Crippen molar-refractivity contribution >= 4 is 0 Å². The largest absolute Gasteiger partial charge is 0.394 e. The SMILES string of the molecule is CC(C)(C)CCNCc1cnn(CCO)c1. The van der Waals surface area contributed by atoms with Crippen molar-refractivity contribution in [3.8, 4) is 0 Å². The van der Waals surface area contributed by atoms with E-state index < -0.39 is 0 Å². The van der Waals surface area contributed by atoms with Gasteiger partial charge in [-0.25, -0.2) is 0 Å². The van der Waals surface area contributed by atoms with Crippen LogP contribution in [0.15, 0.2) is 12.4 Å². The maximum absolute atomic E-state index is 8.76. The Labute approximate surface area is 97.7 Å². The Balaban J connectivity index is 2.21. The van der Waals surface area contributed by atoms with Crippen molar-refractivity contribution in [2.75, 3.05) is 13.2 Å². The zero-order valence-electron chi connectivity index (χ0n) is 10.5. The summed E-state index contributed by atoms with van der Waals surface area (Å²) >= 11 is 0. The van der Waals surface area contributed by atoms with Gasteiger partial charge in [0.15, 0.2) is 0 Å². The number of aromatic nitrogens is 2. The molecular weight excluding hydrogens is 202 g/mol. The fourth-order valence-electron chi connectivity index (χ4n) is 1.42. The van der Waals surface area contributed by atoms with Crippen LogP contribution < -0.4 is 5.32 Å². The molecule has 92 valence electrons. The molecule has 1 aromatic rings. The molecule has 0 atom stereocenters. The van der Waals surface area contributed by atoms with E-state index >= 15 is 0 Å². The van der Waals surface area contributed by atoms with Crippen molar-refractivity contribution in [2.24, 2.45) is 5.41 Å². The highest BCUT2D eigenvalue weighted by molar-refractivity contribution is 5.03. The molecule has 0 saturated heterocycles. The molecule has 0 unspecified atom stereocenters. The molecule has 1 aromatic heterocycles. The highest BCUT2D eigenvalue weighted by atomic mass is 16.3. The summed E-state index contributed by atoms with van der Waals surface area (Å²) in [4.78, 5) is 0.